The normalized spacial score (nSPS) is 28.4. The lowest BCUT2D eigenvalue weighted by Gasteiger charge is -2.17. The highest BCUT2D eigenvalue weighted by molar-refractivity contribution is 5.83. The van der Waals surface area contributed by atoms with Gasteiger partial charge in [-0.25, -0.2) is 14.3 Å². The van der Waals surface area contributed by atoms with Gasteiger partial charge in [0.05, 0.1) is 7.05 Å². The van der Waals surface area contributed by atoms with E-state index in [2.05, 4.69) is 16.8 Å². The first-order valence-electron chi connectivity index (χ1n) is 3.48. The molecule has 0 aromatic rings. The van der Waals surface area contributed by atoms with Gasteiger partial charge >= 0.3 is 5.91 Å². The lowest BCUT2D eigenvalue weighted by Crippen LogP contribution is -2.45. The Kier molecular flexibility index (Phi) is 2.06. The summed E-state index contributed by atoms with van der Waals surface area (Å²) in [5.41, 5.74) is 0. The molecule has 1 aliphatic heterocycles. The molecule has 0 aromatic carbocycles. The van der Waals surface area contributed by atoms with Crippen molar-refractivity contribution in [3.63, 3.8) is 0 Å². The fraction of sp³-hybridized carbons (Fsp3) is 0.500. The van der Waals surface area contributed by atoms with E-state index in [0.717, 1.165) is 0 Å². The molecule has 0 N–H and O–H groups in total. The van der Waals surface area contributed by atoms with Crippen LogP contribution in [0.3, 0.4) is 0 Å². The van der Waals surface area contributed by atoms with Crippen molar-refractivity contribution in [1.29, 1.82) is 0 Å². The summed E-state index contributed by atoms with van der Waals surface area (Å²) in [6, 6.07) is 0. The Bertz CT molecular complexity index is 259. The number of quaternary nitrogens is 1. The highest BCUT2D eigenvalue weighted by Gasteiger charge is 2.33. The van der Waals surface area contributed by atoms with Crippen molar-refractivity contribution in [2.24, 2.45) is 4.99 Å². The van der Waals surface area contributed by atoms with Gasteiger partial charge in [0, 0.05) is 0 Å². The van der Waals surface area contributed by atoms with Crippen LogP contribution in [-0.4, -0.2) is 36.9 Å². The minimum atomic E-state index is 0.118. The van der Waals surface area contributed by atoms with E-state index in [9.17, 15) is 4.79 Å². The van der Waals surface area contributed by atoms with E-state index < -0.39 is 0 Å². The summed E-state index contributed by atoms with van der Waals surface area (Å²) in [6.45, 7) is 2.62. The van der Waals surface area contributed by atoms with Crippen molar-refractivity contribution in [2.75, 3.05) is 20.1 Å². The van der Waals surface area contributed by atoms with Crippen molar-refractivity contribution in [3.8, 4) is 11.8 Å². The van der Waals surface area contributed by atoms with Gasteiger partial charge in [0.2, 0.25) is 0 Å². The number of aliphatic imine (C=N–C) groups is 1. The molecule has 0 bridgehead atoms. The topological polar surface area (TPSA) is 29.4 Å². The van der Waals surface area contributed by atoms with E-state index >= 15 is 0 Å². The van der Waals surface area contributed by atoms with Gasteiger partial charge in [-0.2, -0.15) is 0 Å². The lowest BCUT2D eigenvalue weighted by molar-refractivity contribution is -0.721. The van der Waals surface area contributed by atoms with Gasteiger partial charge in [-0.3, -0.25) is 0 Å². The number of carbonyl (C=O) groups excluding carboxylic acids is 1. The molecule has 1 amide bonds. The van der Waals surface area contributed by atoms with Gasteiger partial charge in [0.1, 0.15) is 0 Å². The Morgan fingerprint density at radius 1 is 1.82 bits per heavy atom. The van der Waals surface area contributed by atoms with Gasteiger partial charge in [0.25, 0.3) is 0 Å². The Morgan fingerprint density at radius 2 is 2.55 bits per heavy atom. The van der Waals surface area contributed by atoms with E-state index in [-0.39, 0.29) is 10.4 Å². The van der Waals surface area contributed by atoms with Crippen LogP contribution in [-0.2, 0) is 4.79 Å². The lowest BCUT2D eigenvalue weighted by atomic mass is 10.4. The van der Waals surface area contributed by atoms with Crippen molar-refractivity contribution in [1.82, 2.24) is 0 Å². The third-order valence-electron chi connectivity index (χ3n) is 1.72. The molecule has 0 saturated carbocycles. The van der Waals surface area contributed by atoms with Crippen LogP contribution >= 0.6 is 0 Å². The Balaban J connectivity index is 2.71. The van der Waals surface area contributed by atoms with Crippen molar-refractivity contribution in [2.45, 2.75) is 6.92 Å². The van der Waals surface area contributed by atoms with Gasteiger partial charge in [-0.1, -0.05) is 0 Å². The molecule has 11 heavy (non-hydrogen) atoms. The number of nitrogens with zero attached hydrogens (tertiary/aromatic N) is 2. The van der Waals surface area contributed by atoms with Crippen LogP contribution in [0.15, 0.2) is 4.99 Å². The monoisotopic (exact) mass is 151 g/mol. The third kappa shape index (κ3) is 1.47. The minimum absolute atomic E-state index is 0.118. The first-order chi connectivity index (χ1) is 5.19. The van der Waals surface area contributed by atoms with Crippen LogP contribution in [0.25, 0.3) is 0 Å². The third-order valence-corrected chi connectivity index (χ3v) is 1.72. The molecule has 1 aliphatic rings. The molecule has 0 aliphatic carbocycles. The molecule has 3 heteroatoms. The molecular weight excluding hydrogens is 140 g/mol. The van der Waals surface area contributed by atoms with Crippen LogP contribution in [0.4, 0.5) is 0 Å². The molecule has 0 fully saturated rings. The summed E-state index contributed by atoms with van der Waals surface area (Å²) < 4.78 is 0.237. The first kappa shape index (κ1) is 7.96. The first-order valence-corrected chi connectivity index (χ1v) is 3.48. The minimum Gasteiger partial charge on any atom is -0.228 e. The molecule has 0 aromatic heterocycles. The Hall–Kier alpha value is -1.14. The summed E-state index contributed by atoms with van der Waals surface area (Å²) in [6.07, 6.45) is 1.66. The molecule has 1 rings (SSSR count). The SMILES string of the molecule is CC#CC[N+]1(C)C=NCC1=O. The fourth-order valence-corrected chi connectivity index (χ4v) is 0.897. The van der Waals surface area contributed by atoms with Crippen molar-refractivity contribution >= 4 is 12.2 Å². The van der Waals surface area contributed by atoms with Crippen molar-refractivity contribution in [3.05, 3.63) is 0 Å². The molecule has 3 nitrogen and oxygen atoms in total. The number of amides is 1. The van der Waals surface area contributed by atoms with Crippen LogP contribution in [0.2, 0.25) is 0 Å². The summed E-state index contributed by atoms with van der Waals surface area (Å²) >= 11 is 0. The molecule has 0 spiro atoms. The molecule has 0 radical (unpaired) electrons. The smallest absolute Gasteiger partial charge is 0.228 e. The Labute approximate surface area is 66.3 Å². The summed E-state index contributed by atoms with van der Waals surface area (Å²) in [5, 5.41) is 0. The fourth-order valence-electron chi connectivity index (χ4n) is 0.897. The molecule has 58 valence electrons. The quantitative estimate of drug-likeness (QED) is 0.384. The zero-order valence-corrected chi connectivity index (χ0v) is 6.79. The second-order valence-electron chi connectivity index (χ2n) is 2.70. The van der Waals surface area contributed by atoms with E-state index in [1.165, 1.54) is 0 Å². The second kappa shape index (κ2) is 2.85. The van der Waals surface area contributed by atoms with Gasteiger partial charge in [-0.05, 0) is 12.8 Å². The van der Waals surface area contributed by atoms with Crippen LogP contribution in [0, 0.1) is 11.8 Å². The van der Waals surface area contributed by atoms with Gasteiger partial charge in [-0.15, -0.1) is 5.92 Å². The van der Waals surface area contributed by atoms with Crippen LogP contribution in [0.1, 0.15) is 6.92 Å². The number of hydrogen-bond donors (Lipinski definition) is 0. The van der Waals surface area contributed by atoms with E-state index in [0.29, 0.717) is 13.1 Å². The zero-order chi connectivity index (χ0) is 8.32. The molecular formula is C8H11N2O+. The predicted molar refractivity (Wildman–Crippen MR) is 42.9 cm³/mol. The average Bonchev–Trinajstić information content (AvgIpc) is 2.30. The summed E-state index contributed by atoms with van der Waals surface area (Å²) in [7, 11) is 1.82. The number of likely N-dealkylation sites (N-methyl/N-ethyl adjacent to an activating group) is 1. The average molecular weight is 151 g/mol. The molecule has 1 heterocycles. The van der Waals surface area contributed by atoms with Gasteiger partial charge < -0.3 is 0 Å². The maximum atomic E-state index is 11.2. The van der Waals surface area contributed by atoms with E-state index in [1.807, 2.05) is 7.05 Å². The highest BCUT2D eigenvalue weighted by Crippen LogP contribution is 2.05. The zero-order valence-electron chi connectivity index (χ0n) is 6.79. The molecule has 0 saturated heterocycles. The maximum Gasteiger partial charge on any atom is 0.341 e. The molecule has 1 atom stereocenters. The number of carbonyl (C=O) groups is 1. The number of hydrogen-bond acceptors (Lipinski definition) is 2. The van der Waals surface area contributed by atoms with Crippen LogP contribution < -0.4 is 0 Å². The highest BCUT2D eigenvalue weighted by atomic mass is 16.2. The Morgan fingerprint density at radius 3 is 3.00 bits per heavy atom. The predicted octanol–water partition coefficient (Wildman–Crippen LogP) is 0.0248. The van der Waals surface area contributed by atoms with Gasteiger partial charge in [0.15, 0.2) is 19.4 Å². The van der Waals surface area contributed by atoms with Crippen LogP contribution in [0.5, 0.6) is 0 Å². The maximum absolute atomic E-state index is 11.2. The van der Waals surface area contributed by atoms with Crippen molar-refractivity contribution < 1.29 is 9.28 Å². The van der Waals surface area contributed by atoms with E-state index in [1.54, 1.807) is 13.3 Å². The standard InChI is InChI=1S/C8H11N2O/c1-3-4-5-10(2)7-9-6-8(10)11/h7H,5-6H2,1-2H3/q+1. The van der Waals surface area contributed by atoms with E-state index in [4.69, 9.17) is 0 Å². The summed E-state index contributed by atoms with van der Waals surface area (Å²) in [4.78, 5) is 15.1. The number of rotatable bonds is 1. The molecule has 1 unspecified atom stereocenters. The summed E-state index contributed by atoms with van der Waals surface area (Å²) in [5.74, 6) is 5.75. The largest absolute Gasteiger partial charge is 0.341 e. The second-order valence-corrected chi connectivity index (χ2v) is 2.70.